The zero-order chi connectivity index (χ0) is 14.4. The maximum absolute atomic E-state index is 6.24. The van der Waals surface area contributed by atoms with E-state index in [0.717, 1.165) is 13.1 Å². The molecule has 1 aliphatic carbocycles. The molecule has 1 aromatic carbocycles. The fourth-order valence-electron chi connectivity index (χ4n) is 3.30. The summed E-state index contributed by atoms with van der Waals surface area (Å²) in [5.74, 6) is 0. The lowest BCUT2D eigenvalue weighted by Gasteiger charge is -2.34. The van der Waals surface area contributed by atoms with Gasteiger partial charge in [-0.05, 0) is 43.5 Å². The molecule has 20 heavy (non-hydrogen) atoms. The van der Waals surface area contributed by atoms with Crippen LogP contribution < -0.4 is 5.32 Å². The van der Waals surface area contributed by atoms with E-state index in [4.69, 9.17) is 23.2 Å². The molecule has 0 aliphatic heterocycles. The predicted molar refractivity (Wildman–Crippen MR) is 89.0 cm³/mol. The van der Waals surface area contributed by atoms with Crippen LogP contribution in [0, 0.1) is 0 Å². The lowest BCUT2D eigenvalue weighted by molar-refractivity contribution is 0.348. The summed E-state index contributed by atoms with van der Waals surface area (Å²) < 4.78 is 0. The standard InChI is InChI=1S/C17H25Cl2N/c1-2-11-20-13-17(9-5-3-4-6-10-17)14-7-8-15(18)16(19)12-14/h7-8,12,20H,2-6,9-11,13H2,1H3. The molecule has 0 heterocycles. The first kappa shape index (κ1) is 16.1. The third kappa shape index (κ3) is 3.90. The summed E-state index contributed by atoms with van der Waals surface area (Å²) in [6.07, 6.45) is 9.02. The minimum atomic E-state index is 0.236. The van der Waals surface area contributed by atoms with Gasteiger partial charge in [-0.2, -0.15) is 0 Å². The molecule has 1 nitrogen and oxygen atoms in total. The van der Waals surface area contributed by atoms with Gasteiger partial charge in [-0.25, -0.2) is 0 Å². The predicted octanol–water partition coefficient (Wildman–Crippen LogP) is 5.59. The SMILES string of the molecule is CCCNCC1(c2ccc(Cl)c(Cl)c2)CCCCCC1. The molecule has 0 unspecified atom stereocenters. The number of benzene rings is 1. The first-order chi connectivity index (χ1) is 9.68. The van der Waals surface area contributed by atoms with Gasteiger partial charge in [0.15, 0.2) is 0 Å². The normalized spacial score (nSPS) is 18.8. The molecular weight excluding hydrogens is 289 g/mol. The maximum atomic E-state index is 6.24. The van der Waals surface area contributed by atoms with Crippen molar-refractivity contribution >= 4 is 23.2 Å². The molecule has 1 saturated carbocycles. The van der Waals surface area contributed by atoms with Crippen LogP contribution in [0.2, 0.25) is 10.0 Å². The van der Waals surface area contributed by atoms with Crippen molar-refractivity contribution < 1.29 is 0 Å². The molecule has 1 aliphatic rings. The van der Waals surface area contributed by atoms with Gasteiger partial charge in [0.1, 0.15) is 0 Å². The van der Waals surface area contributed by atoms with Gasteiger partial charge in [0, 0.05) is 12.0 Å². The van der Waals surface area contributed by atoms with Crippen molar-refractivity contribution in [3.63, 3.8) is 0 Å². The van der Waals surface area contributed by atoms with E-state index in [-0.39, 0.29) is 5.41 Å². The van der Waals surface area contributed by atoms with Crippen LogP contribution in [0.1, 0.15) is 57.4 Å². The van der Waals surface area contributed by atoms with Crippen LogP contribution in [0.5, 0.6) is 0 Å². The number of nitrogens with one attached hydrogen (secondary N) is 1. The second-order valence-corrected chi connectivity index (χ2v) is 6.81. The van der Waals surface area contributed by atoms with Crippen molar-refractivity contribution in [3.8, 4) is 0 Å². The Labute approximate surface area is 133 Å². The minimum Gasteiger partial charge on any atom is -0.316 e. The molecule has 112 valence electrons. The molecular formula is C17H25Cl2N. The van der Waals surface area contributed by atoms with Crippen LogP contribution in [-0.2, 0) is 5.41 Å². The number of halogens is 2. The minimum absolute atomic E-state index is 0.236. The van der Waals surface area contributed by atoms with Crippen LogP contribution in [0.4, 0.5) is 0 Å². The average molecular weight is 314 g/mol. The van der Waals surface area contributed by atoms with Crippen LogP contribution in [0.3, 0.4) is 0 Å². The fraction of sp³-hybridized carbons (Fsp3) is 0.647. The van der Waals surface area contributed by atoms with E-state index < -0.39 is 0 Å². The van der Waals surface area contributed by atoms with Gasteiger partial charge in [0.25, 0.3) is 0 Å². The third-order valence-electron chi connectivity index (χ3n) is 4.48. The quantitative estimate of drug-likeness (QED) is 0.552. The number of hydrogen-bond donors (Lipinski definition) is 1. The second-order valence-electron chi connectivity index (χ2n) is 6.00. The largest absolute Gasteiger partial charge is 0.316 e. The lowest BCUT2D eigenvalue weighted by atomic mass is 9.74. The zero-order valence-electron chi connectivity index (χ0n) is 12.4. The summed E-state index contributed by atoms with van der Waals surface area (Å²) >= 11 is 12.3. The summed E-state index contributed by atoms with van der Waals surface area (Å²) in [6.45, 7) is 4.35. The van der Waals surface area contributed by atoms with Crippen molar-refractivity contribution in [2.75, 3.05) is 13.1 Å². The molecule has 1 fully saturated rings. The summed E-state index contributed by atoms with van der Waals surface area (Å²) in [5.41, 5.74) is 1.59. The Morgan fingerprint density at radius 1 is 1.05 bits per heavy atom. The highest BCUT2D eigenvalue weighted by Gasteiger charge is 2.32. The monoisotopic (exact) mass is 313 g/mol. The molecule has 0 atom stereocenters. The Bertz CT molecular complexity index is 423. The van der Waals surface area contributed by atoms with Gasteiger partial charge in [-0.1, -0.05) is 61.9 Å². The molecule has 0 spiro atoms. The Hall–Kier alpha value is -0.240. The van der Waals surface area contributed by atoms with Crippen LogP contribution >= 0.6 is 23.2 Å². The first-order valence-electron chi connectivity index (χ1n) is 7.84. The van der Waals surface area contributed by atoms with Crippen molar-refractivity contribution in [2.45, 2.75) is 57.3 Å². The second kappa shape index (κ2) is 7.68. The molecule has 3 heteroatoms. The first-order valence-corrected chi connectivity index (χ1v) is 8.60. The molecule has 0 radical (unpaired) electrons. The van der Waals surface area contributed by atoms with Gasteiger partial charge in [0.2, 0.25) is 0 Å². The molecule has 2 rings (SSSR count). The highest BCUT2D eigenvalue weighted by atomic mass is 35.5. The molecule has 0 aromatic heterocycles. The summed E-state index contributed by atoms with van der Waals surface area (Å²) in [4.78, 5) is 0. The van der Waals surface area contributed by atoms with Crippen molar-refractivity contribution in [3.05, 3.63) is 33.8 Å². The van der Waals surface area contributed by atoms with Crippen LogP contribution in [-0.4, -0.2) is 13.1 Å². The molecule has 0 bridgehead atoms. The summed E-state index contributed by atoms with van der Waals surface area (Å²) in [5, 5.41) is 4.97. The lowest BCUT2D eigenvalue weighted by Crippen LogP contribution is -2.38. The van der Waals surface area contributed by atoms with Crippen LogP contribution in [0.15, 0.2) is 18.2 Å². The van der Waals surface area contributed by atoms with Crippen molar-refractivity contribution in [2.24, 2.45) is 0 Å². The highest BCUT2D eigenvalue weighted by molar-refractivity contribution is 6.42. The zero-order valence-corrected chi connectivity index (χ0v) is 13.9. The molecule has 1 aromatic rings. The molecule has 1 N–H and O–H groups in total. The summed E-state index contributed by atoms with van der Waals surface area (Å²) in [6, 6.07) is 6.21. The Balaban J connectivity index is 2.25. The van der Waals surface area contributed by atoms with Gasteiger partial charge < -0.3 is 5.32 Å². The summed E-state index contributed by atoms with van der Waals surface area (Å²) in [7, 11) is 0. The van der Waals surface area contributed by atoms with E-state index in [9.17, 15) is 0 Å². The number of rotatable bonds is 5. The Morgan fingerprint density at radius 3 is 2.35 bits per heavy atom. The van der Waals surface area contributed by atoms with Gasteiger partial charge in [0.05, 0.1) is 10.0 Å². The van der Waals surface area contributed by atoms with E-state index in [1.54, 1.807) is 0 Å². The smallest absolute Gasteiger partial charge is 0.0595 e. The van der Waals surface area contributed by atoms with Crippen LogP contribution in [0.25, 0.3) is 0 Å². The Kier molecular flexibility index (Phi) is 6.20. The Morgan fingerprint density at radius 2 is 1.75 bits per heavy atom. The molecule has 0 amide bonds. The van der Waals surface area contributed by atoms with E-state index in [0.29, 0.717) is 10.0 Å². The highest BCUT2D eigenvalue weighted by Crippen LogP contribution is 2.39. The van der Waals surface area contributed by atoms with Gasteiger partial charge in [-0.15, -0.1) is 0 Å². The van der Waals surface area contributed by atoms with E-state index in [1.807, 2.05) is 6.07 Å². The topological polar surface area (TPSA) is 12.0 Å². The van der Waals surface area contributed by atoms with E-state index in [2.05, 4.69) is 24.4 Å². The maximum Gasteiger partial charge on any atom is 0.0595 e. The fourth-order valence-corrected chi connectivity index (χ4v) is 3.60. The molecule has 0 saturated heterocycles. The number of hydrogen-bond acceptors (Lipinski definition) is 1. The van der Waals surface area contributed by atoms with E-state index in [1.165, 1.54) is 50.5 Å². The van der Waals surface area contributed by atoms with Gasteiger partial charge in [-0.3, -0.25) is 0 Å². The average Bonchev–Trinajstić information content (AvgIpc) is 2.69. The van der Waals surface area contributed by atoms with Crippen molar-refractivity contribution in [1.82, 2.24) is 5.32 Å². The van der Waals surface area contributed by atoms with Crippen molar-refractivity contribution in [1.29, 1.82) is 0 Å². The van der Waals surface area contributed by atoms with E-state index >= 15 is 0 Å². The van der Waals surface area contributed by atoms with Gasteiger partial charge >= 0.3 is 0 Å². The third-order valence-corrected chi connectivity index (χ3v) is 5.22.